The highest BCUT2D eigenvalue weighted by atomic mass is 35.5. The minimum Gasteiger partial charge on any atom is -0.507 e. The van der Waals surface area contributed by atoms with Crippen LogP contribution in [0.25, 0.3) is 5.76 Å². The molecular weight excluding hydrogens is 485 g/mol. The maximum absolute atomic E-state index is 13.2. The van der Waals surface area contributed by atoms with E-state index in [1.807, 2.05) is 25.1 Å². The molecule has 0 spiro atoms. The van der Waals surface area contributed by atoms with Gasteiger partial charge in [-0.25, -0.2) is 0 Å². The molecule has 8 heteroatoms. The normalized spacial score (nSPS) is 17.5. The second kappa shape index (κ2) is 9.10. The Labute approximate surface area is 205 Å². The van der Waals surface area contributed by atoms with Crippen LogP contribution in [0.2, 0.25) is 15.1 Å². The van der Waals surface area contributed by atoms with Crippen molar-refractivity contribution in [1.82, 2.24) is 0 Å². The summed E-state index contributed by atoms with van der Waals surface area (Å²) in [5.41, 5.74) is 2.19. The number of hydrogen-bond donors (Lipinski definition) is 1. The van der Waals surface area contributed by atoms with Crippen LogP contribution in [0, 0.1) is 6.92 Å². The third kappa shape index (κ3) is 4.20. The first-order valence-electron chi connectivity index (χ1n) is 9.89. The molecule has 1 fully saturated rings. The third-order valence-corrected chi connectivity index (χ3v) is 6.44. The van der Waals surface area contributed by atoms with Gasteiger partial charge in [0.2, 0.25) is 0 Å². The molecule has 1 unspecified atom stereocenters. The van der Waals surface area contributed by atoms with Crippen LogP contribution in [0.4, 0.5) is 5.69 Å². The molecule has 0 bridgehead atoms. The molecule has 1 aliphatic heterocycles. The van der Waals surface area contributed by atoms with Gasteiger partial charge in [0, 0.05) is 11.3 Å². The zero-order valence-electron chi connectivity index (χ0n) is 17.6. The SMILES string of the molecule is COc1ccc(/C(O)=C2\C(=O)C(=O)N(c3ccc(Cl)c(Cl)c3)C2c2cccc(C)c2)cc1Cl. The van der Waals surface area contributed by atoms with Gasteiger partial charge in [0.1, 0.15) is 11.5 Å². The van der Waals surface area contributed by atoms with Crippen molar-refractivity contribution in [2.45, 2.75) is 13.0 Å². The van der Waals surface area contributed by atoms with E-state index in [4.69, 9.17) is 39.5 Å². The first kappa shape index (κ1) is 23.2. The molecule has 1 saturated heterocycles. The van der Waals surface area contributed by atoms with Crippen molar-refractivity contribution >= 4 is 57.9 Å². The lowest BCUT2D eigenvalue weighted by molar-refractivity contribution is -0.132. The Hall–Kier alpha value is -2.99. The van der Waals surface area contributed by atoms with Gasteiger partial charge in [-0.2, -0.15) is 0 Å². The average Bonchev–Trinajstić information content (AvgIpc) is 3.06. The number of aliphatic hydroxyl groups is 1. The van der Waals surface area contributed by atoms with Gasteiger partial charge in [-0.1, -0.05) is 64.6 Å². The summed E-state index contributed by atoms with van der Waals surface area (Å²) >= 11 is 18.5. The number of halogens is 3. The number of carbonyl (C=O) groups is 2. The molecule has 1 N–H and O–H groups in total. The van der Waals surface area contributed by atoms with Crippen LogP contribution in [-0.2, 0) is 9.59 Å². The predicted octanol–water partition coefficient (Wildman–Crippen LogP) is 6.59. The number of aryl methyl sites for hydroxylation is 1. The summed E-state index contributed by atoms with van der Waals surface area (Å²) in [7, 11) is 1.47. The molecule has 1 aliphatic rings. The van der Waals surface area contributed by atoms with E-state index in [1.165, 1.54) is 24.1 Å². The van der Waals surface area contributed by atoms with Crippen molar-refractivity contribution in [3.8, 4) is 5.75 Å². The van der Waals surface area contributed by atoms with Crippen molar-refractivity contribution in [2.24, 2.45) is 0 Å². The number of anilines is 1. The lowest BCUT2D eigenvalue weighted by Crippen LogP contribution is -2.29. The number of nitrogens with zero attached hydrogens (tertiary/aromatic N) is 1. The Bertz CT molecular complexity index is 1320. The van der Waals surface area contributed by atoms with Gasteiger partial charge in [-0.05, 0) is 48.9 Å². The largest absolute Gasteiger partial charge is 0.507 e. The number of methoxy groups -OCH3 is 1. The summed E-state index contributed by atoms with van der Waals surface area (Å²) in [4.78, 5) is 27.7. The summed E-state index contributed by atoms with van der Waals surface area (Å²) in [5, 5.41) is 12.0. The molecule has 3 aromatic carbocycles. The number of carbonyl (C=O) groups excluding carboxylic acids is 2. The van der Waals surface area contributed by atoms with Crippen LogP contribution in [0.15, 0.2) is 66.2 Å². The highest BCUT2D eigenvalue weighted by molar-refractivity contribution is 6.52. The molecule has 33 heavy (non-hydrogen) atoms. The van der Waals surface area contributed by atoms with Crippen LogP contribution in [-0.4, -0.2) is 23.9 Å². The van der Waals surface area contributed by atoms with Crippen molar-refractivity contribution in [3.05, 3.63) is 98.0 Å². The molecule has 1 atom stereocenters. The number of amides is 1. The van der Waals surface area contributed by atoms with Crippen LogP contribution in [0.1, 0.15) is 22.7 Å². The molecule has 0 radical (unpaired) electrons. The van der Waals surface area contributed by atoms with E-state index in [9.17, 15) is 14.7 Å². The first-order chi connectivity index (χ1) is 15.7. The monoisotopic (exact) mass is 501 g/mol. The second-order valence-corrected chi connectivity index (χ2v) is 8.75. The fourth-order valence-corrected chi connectivity index (χ4v) is 4.41. The van der Waals surface area contributed by atoms with Crippen molar-refractivity contribution in [2.75, 3.05) is 12.0 Å². The number of rotatable bonds is 4. The van der Waals surface area contributed by atoms with Gasteiger partial charge in [0.25, 0.3) is 11.7 Å². The molecule has 5 nitrogen and oxygen atoms in total. The Morgan fingerprint density at radius 2 is 1.70 bits per heavy atom. The summed E-state index contributed by atoms with van der Waals surface area (Å²) < 4.78 is 5.16. The Morgan fingerprint density at radius 1 is 0.939 bits per heavy atom. The lowest BCUT2D eigenvalue weighted by Gasteiger charge is -2.26. The van der Waals surface area contributed by atoms with E-state index < -0.39 is 17.7 Å². The van der Waals surface area contributed by atoms with Gasteiger partial charge in [0.05, 0.1) is 33.8 Å². The minimum atomic E-state index is -0.886. The predicted molar refractivity (Wildman–Crippen MR) is 130 cm³/mol. The highest BCUT2D eigenvalue weighted by Gasteiger charge is 2.47. The molecule has 0 saturated carbocycles. The van der Waals surface area contributed by atoms with E-state index in [2.05, 4.69) is 0 Å². The fourth-order valence-electron chi connectivity index (χ4n) is 3.86. The Kier molecular flexibility index (Phi) is 6.39. The molecule has 1 amide bonds. The van der Waals surface area contributed by atoms with Crippen molar-refractivity contribution < 1.29 is 19.4 Å². The lowest BCUT2D eigenvalue weighted by atomic mass is 9.94. The molecular formula is C25H18Cl3NO4. The van der Waals surface area contributed by atoms with Crippen LogP contribution >= 0.6 is 34.8 Å². The van der Waals surface area contributed by atoms with Crippen molar-refractivity contribution in [1.29, 1.82) is 0 Å². The van der Waals surface area contributed by atoms with Gasteiger partial charge >= 0.3 is 0 Å². The number of benzene rings is 3. The van der Waals surface area contributed by atoms with E-state index >= 15 is 0 Å². The Balaban J connectivity index is 1.96. The van der Waals surface area contributed by atoms with E-state index in [1.54, 1.807) is 30.3 Å². The molecule has 168 valence electrons. The van der Waals surface area contributed by atoms with Gasteiger partial charge < -0.3 is 9.84 Å². The molecule has 4 rings (SSSR count). The topological polar surface area (TPSA) is 66.8 Å². The summed E-state index contributed by atoms with van der Waals surface area (Å²) in [6.07, 6.45) is 0. The van der Waals surface area contributed by atoms with Crippen molar-refractivity contribution in [3.63, 3.8) is 0 Å². The number of hydrogen-bond acceptors (Lipinski definition) is 4. The second-order valence-electron chi connectivity index (χ2n) is 7.53. The number of ether oxygens (including phenoxy) is 1. The smallest absolute Gasteiger partial charge is 0.300 e. The number of aliphatic hydroxyl groups excluding tert-OH is 1. The zero-order valence-corrected chi connectivity index (χ0v) is 19.9. The molecule has 0 aliphatic carbocycles. The van der Waals surface area contributed by atoms with Gasteiger partial charge in [-0.3, -0.25) is 14.5 Å². The quantitative estimate of drug-likeness (QED) is 0.248. The van der Waals surface area contributed by atoms with Crippen LogP contribution in [0.3, 0.4) is 0 Å². The number of ketones is 1. The van der Waals surface area contributed by atoms with Crippen LogP contribution in [0.5, 0.6) is 5.75 Å². The number of Topliss-reactive ketones (excluding diaryl/α,β-unsaturated/α-hetero) is 1. The molecule has 0 aromatic heterocycles. The maximum Gasteiger partial charge on any atom is 0.300 e. The summed E-state index contributed by atoms with van der Waals surface area (Å²) in [6, 6.07) is 15.8. The summed E-state index contributed by atoms with van der Waals surface area (Å²) in [5.74, 6) is -1.54. The molecule has 1 heterocycles. The van der Waals surface area contributed by atoms with Gasteiger partial charge in [-0.15, -0.1) is 0 Å². The fraction of sp³-hybridized carbons (Fsp3) is 0.120. The molecule has 3 aromatic rings. The third-order valence-electron chi connectivity index (χ3n) is 5.41. The van der Waals surface area contributed by atoms with E-state index in [0.29, 0.717) is 22.0 Å². The highest BCUT2D eigenvalue weighted by Crippen LogP contribution is 2.44. The zero-order chi connectivity index (χ0) is 23.9. The summed E-state index contributed by atoms with van der Waals surface area (Å²) in [6.45, 7) is 1.90. The minimum absolute atomic E-state index is 0.0575. The standard InChI is InChI=1S/C25H18Cl3NO4/c1-13-4-3-5-14(10-13)22-21(23(30)15-6-9-20(33-2)19(28)11-15)24(31)25(32)29(22)16-7-8-17(26)18(27)12-16/h3-12,22,30H,1-2H3/b23-21+. The first-order valence-corrected chi connectivity index (χ1v) is 11.0. The van der Waals surface area contributed by atoms with E-state index in [-0.39, 0.29) is 26.9 Å². The average molecular weight is 503 g/mol. The van der Waals surface area contributed by atoms with Gasteiger partial charge in [0.15, 0.2) is 0 Å². The van der Waals surface area contributed by atoms with E-state index in [0.717, 1.165) is 5.56 Å². The maximum atomic E-state index is 13.2. The van der Waals surface area contributed by atoms with Crippen LogP contribution < -0.4 is 9.64 Å². The Morgan fingerprint density at radius 3 is 2.33 bits per heavy atom.